The lowest BCUT2D eigenvalue weighted by Crippen LogP contribution is -2.51. The van der Waals surface area contributed by atoms with E-state index in [2.05, 4.69) is 76.4 Å². The quantitative estimate of drug-likeness (QED) is 0.719. The molecule has 30 heavy (non-hydrogen) atoms. The van der Waals surface area contributed by atoms with Gasteiger partial charge in [-0.15, -0.1) is 6.42 Å². The van der Waals surface area contributed by atoms with Crippen LogP contribution in [-0.4, -0.2) is 65.9 Å². The zero-order valence-corrected chi connectivity index (χ0v) is 17.6. The lowest BCUT2D eigenvalue weighted by Gasteiger charge is -2.42. The van der Waals surface area contributed by atoms with E-state index in [1.54, 1.807) is 0 Å². The van der Waals surface area contributed by atoms with Crippen LogP contribution in [0.2, 0.25) is 0 Å². The summed E-state index contributed by atoms with van der Waals surface area (Å²) in [5, 5.41) is 0. The first-order valence-electron chi connectivity index (χ1n) is 11.1. The molecule has 0 N–H and O–H groups in total. The number of benzene rings is 2. The second-order valence-corrected chi connectivity index (χ2v) is 8.30. The molecule has 2 fully saturated rings. The zero-order chi connectivity index (χ0) is 20.8. The fourth-order valence-corrected chi connectivity index (χ4v) is 4.91. The van der Waals surface area contributed by atoms with Gasteiger partial charge in [-0.05, 0) is 24.0 Å². The molecule has 4 heteroatoms. The topological polar surface area (TPSA) is 26.8 Å². The number of hydrogen-bond donors (Lipinski definition) is 0. The van der Waals surface area contributed by atoms with Gasteiger partial charge in [-0.3, -0.25) is 14.6 Å². The average molecular weight is 402 g/mol. The van der Waals surface area contributed by atoms with Crippen molar-refractivity contribution in [1.29, 1.82) is 0 Å². The standard InChI is InChI=1S/C26H31N3O/c1-2-16-28-17-15-24(13-14-25(28)30)27-18-20-29(21-19-27)26(22-9-5-3-6-10-22)23-11-7-4-8-12-23/h1,3-12,24,26H,13-21H2/t24-/m1/s1. The summed E-state index contributed by atoms with van der Waals surface area (Å²) in [6.45, 7) is 5.38. The van der Waals surface area contributed by atoms with E-state index in [1.807, 2.05) is 4.90 Å². The maximum Gasteiger partial charge on any atom is 0.223 e. The molecule has 0 bridgehead atoms. The van der Waals surface area contributed by atoms with Crippen molar-refractivity contribution in [3.05, 3.63) is 71.8 Å². The Kier molecular flexibility index (Phi) is 6.84. The van der Waals surface area contributed by atoms with Crippen molar-refractivity contribution in [1.82, 2.24) is 14.7 Å². The van der Waals surface area contributed by atoms with E-state index in [9.17, 15) is 4.79 Å². The van der Waals surface area contributed by atoms with E-state index in [4.69, 9.17) is 6.42 Å². The van der Waals surface area contributed by atoms with Crippen LogP contribution in [0.15, 0.2) is 60.7 Å². The first-order chi connectivity index (χ1) is 14.8. The third kappa shape index (κ3) is 4.75. The lowest BCUT2D eigenvalue weighted by molar-refractivity contribution is -0.130. The highest BCUT2D eigenvalue weighted by atomic mass is 16.2. The van der Waals surface area contributed by atoms with Crippen molar-refractivity contribution in [2.75, 3.05) is 39.3 Å². The summed E-state index contributed by atoms with van der Waals surface area (Å²) in [5.74, 6) is 2.83. The monoisotopic (exact) mass is 401 g/mol. The second kappa shape index (κ2) is 9.93. The number of carbonyl (C=O) groups is 1. The molecular formula is C26H31N3O. The number of hydrogen-bond acceptors (Lipinski definition) is 3. The van der Waals surface area contributed by atoms with E-state index < -0.39 is 0 Å². The highest BCUT2D eigenvalue weighted by molar-refractivity contribution is 5.76. The van der Waals surface area contributed by atoms with Gasteiger partial charge in [0.05, 0.1) is 12.6 Å². The Morgan fingerprint density at radius 3 is 2.03 bits per heavy atom. The van der Waals surface area contributed by atoms with Gasteiger partial charge < -0.3 is 4.90 Å². The van der Waals surface area contributed by atoms with E-state index >= 15 is 0 Å². The summed E-state index contributed by atoms with van der Waals surface area (Å²) in [6.07, 6.45) is 8.01. The third-order valence-corrected chi connectivity index (χ3v) is 6.52. The predicted octanol–water partition coefficient (Wildman–Crippen LogP) is 3.41. The van der Waals surface area contributed by atoms with E-state index in [1.165, 1.54) is 11.1 Å². The van der Waals surface area contributed by atoms with Gasteiger partial charge >= 0.3 is 0 Å². The minimum absolute atomic E-state index is 0.210. The summed E-state index contributed by atoms with van der Waals surface area (Å²) in [7, 11) is 0. The maximum atomic E-state index is 12.3. The highest BCUT2D eigenvalue weighted by Crippen LogP contribution is 2.30. The molecule has 156 valence electrons. The van der Waals surface area contributed by atoms with Crippen LogP contribution in [0.5, 0.6) is 0 Å². The van der Waals surface area contributed by atoms with E-state index in [-0.39, 0.29) is 11.9 Å². The molecule has 0 spiro atoms. The molecule has 0 saturated carbocycles. The zero-order valence-electron chi connectivity index (χ0n) is 17.6. The molecule has 0 aliphatic carbocycles. The summed E-state index contributed by atoms with van der Waals surface area (Å²) >= 11 is 0. The molecule has 0 radical (unpaired) electrons. The number of likely N-dealkylation sites (tertiary alicyclic amines) is 1. The van der Waals surface area contributed by atoms with Crippen LogP contribution < -0.4 is 0 Å². The Hall–Kier alpha value is -2.61. The van der Waals surface area contributed by atoms with Gasteiger partial charge in [0.2, 0.25) is 5.91 Å². The van der Waals surface area contributed by atoms with Gasteiger partial charge in [0.25, 0.3) is 0 Å². The maximum absolute atomic E-state index is 12.3. The first-order valence-corrected chi connectivity index (χ1v) is 11.1. The Bertz CT molecular complexity index is 813. The summed E-state index contributed by atoms with van der Waals surface area (Å²) < 4.78 is 0. The SMILES string of the molecule is C#CCN1CC[C@H](N2CCN(C(c3ccccc3)c3ccccc3)CC2)CCC1=O. The number of amides is 1. The number of rotatable bonds is 5. The minimum atomic E-state index is 0.210. The van der Waals surface area contributed by atoms with Gasteiger partial charge in [0, 0.05) is 45.2 Å². The van der Waals surface area contributed by atoms with Gasteiger partial charge in [-0.2, -0.15) is 0 Å². The molecule has 1 atom stereocenters. The molecular weight excluding hydrogens is 370 g/mol. The second-order valence-electron chi connectivity index (χ2n) is 8.30. The van der Waals surface area contributed by atoms with Gasteiger partial charge in [0.1, 0.15) is 0 Å². The summed E-state index contributed by atoms with van der Waals surface area (Å²) in [6, 6.07) is 22.4. The summed E-state index contributed by atoms with van der Waals surface area (Å²) in [5.41, 5.74) is 2.70. The van der Waals surface area contributed by atoms with Crippen molar-refractivity contribution >= 4 is 5.91 Å². The number of nitrogens with zero attached hydrogens (tertiary/aromatic N) is 3. The van der Waals surface area contributed by atoms with Crippen LogP contribution >= 0.6 is 0 Å². The third-order valence-electron chi connectivity index (χ3n) is 6.52. The Labute approximate surface area is 180 Å². The van der Waals surface area contributed by atoms with E-state index in [0.717, 1.165) is 45.6 Å². The molecule has 0 unspecified atom stereocenters. The van der Waals surface area contributed by atoms with Crippen LogP contribution in [0.1, 0.15) is 36.4 Å². The highest BCUT2D eigenvalue weighted by Gasteiger charge is 2.31. The van der Waals surface area contributed by atoms with Crippen LogP contribution in [0.4, 0.5) is 0 Å². The number of terminal acetylenes is 1. The van der Waals surface area contributed by atoms with Crippen LogP contribution in [0.25, 0.3) is 0 Å². The van der Waals surface area contributed by atoms with Crippen molar-refractivity contribution in [2.24, 2.45) is 0 Å². The molecule has 2 aromatic carbocycles. The van der Waals surface area contributed by atoms with Crippen LogP contribution in [0, 0.1) is 12.3 Å². The molecule has 0 aromatic heterocycles. The lowest BCUT2D eigenvalue weighted by atomic mass is 9.96. The summed E-state index contributed by atoms with van der Waals surface area (Å²) in [4.78, 5) is 19.3. The fourth-order valence-electron chi connectivity index (χ4n) is 4.91. The normalized spacial score (nSPS) is 21.4. The Balaban J connectivity index is 1.43. The minimum Gasteiger partial charge on any atom is -0.332 e. The predicted molar refractivity (Wildman–Crippen MR) is 121 cm³/mol. The molecule has 2 saturated heterocycles. The number of carbonyl (C=O) groups excluding carboxylic acids is 1. The van der Waals surface area contributed by atoms with E-state index in [0.29, 0.717) is 19.0 Å². The smallest absolute Gasteiger partial charge is 0.223 e. The van der Waals surface area contributed by atoms with Crippen LogP contribution in [0.3, 0.4) is 0 Å². The van der Waals surface area contributed by atoms with Gasteiger partial charge in [0.15, 0.2) is 0 Å². The molecule has 2 aliphatic heterocycles. The van der Waals surface area contributed by atoms with Crippen molar-refractivity contribution in [3.63, 3.8) is 0 Å². The molecule has 2 heterocycles. The van der Waals surface area contributed by atoms with Crippen molar-refractivity contribution in [2.45, 2.75) is 31.3 Å². The molecule has 1 amide bonds. The molecule has 2 aliphatic rings. The largest absolute Gasteiger partial charge is 0.332 e. The first kappa shape index (κ1) is 20.7. The Morgan fingerprint density at radius 2 is 1.47 bits per heavy atom. The fraction of sp³-hybridized carbons (Fsp3) is 0.423. The van der Waals surface area contributed by atoms with Crippen LogP contribution in [-0.2, 0) is 4.79 Å². The Morgan fingerprint density at radius 1 is 0.867 bits per heavy atom. The van der Waals surface area contributed by atoms with Gasteiger partial charge in [-0.25, -0.2) is 0 Å². The van der Waals surface area contributed by atoms with Crippen molar-refractivity contribution in [3.8, 4) is 12.3 Å². The molecule has 4 nitrogen and oxygen atoms in total. The molecule has 2 aromatic rings. The van der Waals surface area contributed by atoms with Gasteiger partial charge in [-0.1, -0.05) is 66.6 Å². The average Bonchev–Trinajstić information content (AvgIpc) is 2.98. The van der Waals surface area contributed by atoms with Crippen molar-refractivity contribution < 1.29 is 4.79 Å². The number of piperazine rings is 1. The molecule has 4 rings (SSSR count).